The van der Waals surface area contributed by atoms with Gasteiger partial charge in [0.1, 0.15) is 5.75 Å². The Bertz CT molecular complexity index is 369. The summed E-state index contributed by atoms with van der Waals surface area (Å²) in [6.07, 6.45) is 0. The Morgan fingerprint density at radius 3 is 2.88 bits per heavy atom. The lowest BCUT2D eigenvalue weighted by Gasteiger charge is -2.07. The van der Waals surface area contributed by atoms with Crippen LogP contribution in [0.25, 0.3) is 0 Å². The van der Waals surface area contributed by atoms with E-state index in [2.05, 4.69) is 10.6 Å². The van der Waals surface area contributed by atoms with E-state index < -0.39 is 0 Å². The molecule has 0 saturated carbocycles. The van der Waals surface area contributed by atoms with E-state index >= 15 is 0 Å². The van der Waals surface area contributed by atoms with Gasteiger partial charge in [0.2, 0.25) is 0 Å². The highest BCUT2D eigenvalue weighted by molar-refractivity contribution is 6.31. The van der Waals surface area contributed by atoms with Gasteiger partial charge in [0.05, 0.1) is 5.56 Å². The average Bonchev–Trinajstić information content (AvgIpc) is 2.27. The molecule has 0 atom stereocenters. The van der Waals surface area contributed by atoms with E-state index in [0.717, 1.165) is 6.54 Å². The summed E-state index contributed by atoms with van der Waals surface area (Å²) in [5.74, 6) is -0.386. The number of likely N-dealkylation sites (N-methyl/N-ethyl adjacent to an activating group) is 1. The van der Waals surface area contributed by atoms with E-state index in [9.17, 15) is 9.90 Å². The summed E-state index contributed by atoms with van der Waals surface area (Å²) in [4.78, 5) is 11.6. The SMILES string of the molecule is CCNCCNC(=O)c1cc(Cl)ccc1O. The number of hydrogen-bond donors (Lipinski definition) is 3. The zero-order chi connectivity index (χ0) is 12.0. The van der Waals surface area contributed by atoms with Gasteiger partial charge >= 0.3 is 0 Å². The largest absolute Gasteiger partial charge is 0.507 e. The highest BCUT2D eigenvalue weighted by atomic mass is 35.5. The molecular formula is C11H15ClN2O2. The molecule has 0 spiro atoms. The van der Waals surface area contributed by atoms with Crippen LogP contribution >= 0.6 is 11.6 Å². The van der Waals surface area contributed by atoms with Crippen molar-refractivity contribution in [3.8, 4) is 5.75 Å². The topological polar surface area (TPSA) is 61.4 Å². The van der Waals surface area contributed by atoms with Crippen LogP contribution in [0, 0.1) is 0 Å². The van der Waals surface area contributed by atoms with E-state index in [4.69, 9.17) is 11.6 Å². The van der Waals surface area contributed by atoms with Crippen LogP contribution in [0.1, 0.15) is 17.3 Å². The Balaban J connectivity index is 2.55. The molecule has 16 heavy (non-hydrogen) atoms. The minimum Gasteiger partial charge on any atom is -0.507 e. The van der Waals surface area contributed by atoms with Crippen molar-refractivity contribution < 1.29 is 9.90 Å². The van der Waals surface area contributed by atoms with E-state index in [1.165, 1.54) is 18.2 Å². The molecule has 0 aliphatic rings. The number of carbonyl (C=O) groups excluding carboxylic acids is 1. The molecule has 88 valence electrons. The summed E-state index contributed by atoms with van der Waals surface area (Å²) in [6.45, 7) is 4.06. The van der Waals surface area contributed by atoms with Gasteiger partial charge in [-0.1, -0.05) is 18.5 Å². The number of benzene rings is 1. The maximum absolute atomic E-state index is 11.6. The number of hydrogen-bond acceptors (Lipinski definition) is 3. The van der Waals surface area contributed by atoms with Crippen LogP contribution in [-0.4, -0.2) is 30.6 Å². The first-order valence-electron chi connectivity index (χ1n) is 5.12. The summed E-state index contributed by atoms with van der Waals surface area (Å²) in [7, 11) is 0. The van der Waals surface area contributed by atoms with Crippen molar-refractivity contribution in [3.05, 3.63) is 28.8 Å². The minimum absolute atomic E-state index is 0.0645. The van der Waals surface area contributed by atoms with Crippen LogP contribution in [-0.2, 0) is 0 Å². The third kappa shape index (κ3) is 3.72. The average molecular weight is 243 g/mol. The van der Waals surface area contributed by atoms with Crippen LogP contribution in [0.5, 0.6) is 5.75 Å². The molecule has 1 amide bonds. The molecule has 0 bridgehead atoms. The number of amides is 1. The molecule has 1 aromatic rings. The number of carbonyl (C=O) groups is 1. The predicted octanol–water partition coefficient (Wildman–Crippen LogP) is 1.38. The number of aromatic hydroxyl groups is 1. The highest BCUT2D eigenvalue weighted by Crippen LogP contribution is 2.20. The molecule has 3 N–H and O–H groups in total. The molecular weight excluding hydrogens is 228 g/mol. The number of phenolic OH excluding ortho intramolecular Hbond substituents is 1. The monoisotopic (exact) mass is 242 g/mol. The van der Waals surface area contributed by atoms with Gasteiger partial charge in [-0.25, -0.2) is 0 Å². The quantitative estimate of drug-likeness (QED) is 0.684. The maximum atomic E-state index is 11.6. The Morgan fingerprint density at radius 1 is 1.44 bits per heavy atom. The molecule has 0 heterocycles. The summed E-state index contributed by atoms with van der Waals surface area (Å²) in [5.41, 5.74) is 0.198. The van der Waals surface area contributed by atoms with E-state index in [1.807, 2.05) is 6.92 Å². The Hall–Kier alpha value is -1.26. The van der Waals surface area contributed by atoms with Crippen LogP contribution < -0.4 is 10.6 Å². The normalized spacial score (nSPS) is 10.1. The summed E-state index contributed by atoms with van der Waals surface area (Å²) in [6, 6.07) is 4.38. The molecule has 1 rings (SSSR count). The zero-order valence-corrected chi connectivity index (χ0v) is 9.84. The second-order valence-corrected chi connectivity index (χ2v) is 3.71. The van der Waals surface area contributed by atoms with Crippen LogP contribution in [0.15, 0.2) is 18.2 Å². The first-order valence-corrected chi connectivity index (χ1v) is 5.50. The summed E-state index contributed by atoms with van der Waals surface area (Å²) in [5, 5.41) is 15.7. The third-order valence-corrected chi connectivity index (χ3v) is 2.28. The van der Waals surface area contributed by atoms with Crippen molar-refractivity contribution in [1.82, 2.24) is 10.6 Å². The fourth-order valence-electron chi connectivity index (χ4n) is 1.23. The third-order valence-electron chi connectivity index (χ3n) is 2.04. The number of halogens is 1. The highest BCUT2D eigenvalue weighted by Gasteiger charge is 2.10. The van der Waals surface area contributed by atoms with Gasteiger partial charge in [-0.15, -0.1) is 0 Å². The van der Waals surface area contributed by atoms with Crippen molar-refractivity contribution in [3.63, 3.8) is 0 Å². The van der Waals surface area contributed by atoms with Gasteiger partial charge in [-0.2, -0.15) is 0 Å². The Kier molecular flexibility index (Phi) is 5.08. The molecule has 0 unspecified atom stereocenters. The standard InChI is InChI=1S/C11H15ClN2O2/c1-2-13-5-6-14-11(16)9-7-8(12)3-4-10(9)15/h3-4,7,13,15H,2,5-6H2,1H3,(H,14,16). The molecule has 1 aromatic carbocycles. The lowest BCUT2D eigenvalue weighted by atomic mass is 10.2. The molecule has 0 fully saturated rings. The first-order chi connectivity index (χ1) is 7.65. The van der Waals surface area contributed by atoms with Crippen molar-refractivity contribution in [2.24, 2.45) is 0 Å². The second-order valence-electron chi connectivity index (χ2n) is 3.27. The van der Waals surface area contributed by atoms with E-state index in [-0.39, 0.29) is 17.2 Å². The van der Waals surface area contributed by atoms with Crippen molar-refractivity contribution in [1.29, 1.82) is 0 Å². The van der Waals surface area contributed by atoms with Gasteiger partial charge in [0, 0.05) is 18.1 Å². The molecule has 0 aliphatic heterocycles. The van der Waals surface area contributed by atoms with E-state index in [1.54, 1.807) is 0 Å². The number of nitrogens with one attached hydrogen (secondary N) is 2. The van der Waals surface area contributed by atoms with Crippen molar-refractivity contribution in [2.45, 2.75) is 6.92 Å². The Labute approximate surface area is 99.6 Å². The van der Waals surface area contributed by atoms with Crippen LogP contribution in [0.4, 0.5) is 0 Å². The van der Waals surface area contributed by atoms with Gasteiger partial charge in [0.25, 0.3) is 5.91 Å². The second kappa shape index (κ2) is 6.35. The smallest absolute Gasteiger partial charge is 0.255 e. The van der Waals surface area contributed by atoms with E-state index in [0.29, 0.717) is 18.1 Å². The Morgan fingerprint density at radius 2 is 2.19 bits per heavy atom. The number of rotatable bonds is 5. The van der Waals surface area contributed by atoms with Gasteiger partial charge in [-0.05, 0) is 24.7 Å². The molecule has 0 aliphatic carbocycles. The molecule has 0 saturated heterocycles. The summed E-state index contributed by atoms with van der Waals surface area (Å²) < 4.78 is 0. The van der Waals surface area contributed by atoms with Gasteiger partial charge < -0.3 is 15.7 Å². The lowest BCUT2D eigenvalue weighted by Crippen LogP contribution is -2.31. The molecule has 0 aromatic heterocycles. The lowest BCUT2D eigenvalue weighted by molar-refractivity contribution is 0.0951. The number of phenols is 1. The molecule has 5 heteroatoms. The van der Waals surface area contributed by atoms with Gasteiger partial charge in [0.15, 0.2) is 0 Å². The van der Waals surface area contributed by atoms with Crippen molar-refractivity contribution in [2.75, 3.05) is 19.6 Å². The fourth-order valence-corrected chi connectivity index (χ4v) is 1.40. The molecule has 0 radical (unpaired) electrons. The minimum atomic E-state index is -0.321. The van der Waals surface area contributed by atoms with Crippen molar-refractivity contribution >= 4 is 17.5 Å². The zero-order valence-electron chi connectivity index (χ0n) is 9.09. The first kappa shape index (κ1) is 12.8. The maximum Gasteiger partial charge on any atom is 0.255 e. The van der Waals surface area contributed by atoms with Crippen LogP contribution in [0.3, 0.4) is 0 Å². The van der Waals surface area contributed by atoms with Gasteiger partial charge in [-0.3, -0.25) is 4.79 Å². The predicted molar refractivity (Wildman–Crippen MR) is 64.0 cm³/mol. The molecule has 4 nitrogen and oxygen atoms in total. The summed E-state index contributed by atoms with van der Waals surface area (Å²) >= 11 is 5.74. The van der Waals surface area contributed by atoms with Crippen LogP contribution in [0.2, 0.25) is 5.02 Å². The fraction of sp³-hybridized carbons (Fsp3) is 0.364.